The van der Waals surface area contributed by atoms with Crippen LogP contribution in [0.15, 0.2) is 18.2 Å². The van der Waals surface area contributed by atoms with Crippen molar-refractivity contribution in [2.75, 3.05) is 26.3 Å². The fourth-order valence-corrected chi connectivity index (χ4v) is 3.96. The first kappa shape index (κ1) is 16.4. The second-order valence-corrected chi connectivity index (χ2v) is 6.47. The summed E-state index contributed by atoms with van der Waals surface area (Å²) in [4.78, 5) is 15.1. The molecule has 3 fully saturated rings. The summed E-state index contributed by atoms with van der Waals surface area (Å²) in [6.45, 7) is 5.66. The molecule has 126 valence electrons. The average Bonchev–Trinajstić information content (AvgIpc) is 2.58. The van der Waals surface area contributed by atoms with Crippen molar-refractivity contribution in [2.45, 2.75) is 31.8 Å². The third kappa shape index (κ3) is 3.00. The van der Waals surface area contributed by atoms with Gasteiger partial charge in [-0.05, 0) is 57.0 Å². The smallest absolute Gasteiger partial charge is 0.251 e. The molecule has 0 aromatic heterocycles. The molecule has 23 heavy (non-hydrogen) atoms. The van der Waals surface area contributed by atoms with Crippen molar-refractivity contribution in [1.82, 2.24) is 10.2 Å². The van der Waals surface area contributed by atoms with Crippen molar-refractivity contribution in [1.29, 1.82) is 0 Å². The number of benzene rings is 1. The number of rotatable bonds is 2. The van der Waals surface area contributed by atoms with Crippen molar-refractivity contribution in [3.8, 4) is 11.5 Å². The molecular formula is C17H23ClN2O3. The molecule has 1 amide bonds. The summed E-state index contributed by atoms with van der Waals surface area (Å²) in [6, 6.07) is 6.10. The van der Waals surface area contributed by atoms with Gasteiger partial charge in [0.1, 0.15) is 13.2 Å². The van der Waals surface area contributed by atoms with Gasteiger partial charge in [0.15, 0.2) is 11.5 Å². The molecule has 1 aromatic rings. The van der Waals surface area contributed by atoms with Gasteiger partial charge in [-0.2, -0.15) is 0 Å². The normalized spacial score (nSPS) is 31.2. The highest BCUT2D eigenvalue weighted by Crippen LogP contribution is 2.33. The van der Waals surface area contributed by atoms with Crippen molar-refractivity contribution in [2.24, 2.45) is 5.92 Å². The number of halogens is 1. The molecule has 4 aliphatic rings. The zero-order valence-electron chi connectivity index (χ0n) is 13.3. The van der Waals surface area contributed by atoms with Gasteiger partial charge in [0, 0.05) is 17.6 Å². The lowest BCUT2D eigenvalue weighted by Crippen LogP contribution is -2.62. The predicted octanol–water partition coefficient (Wildman–Crippen LogP) is 2.09. The van der Waals surface area contributed by atoms with Crippen LogP contribution in [0.25, 0.3) is 0 Å². The Labute approximate surface area is 142 Å². The van der Waals surface area contributed by atoms with Crippen LogP contribution in [-0.4, -0.2) is 49.2 Å². The Balaban J connectivity index is 0.00000156. The van der Waals surface area contributed by atoms with Gasteiger partial charge in [-0.25, -0.2) is 0 Å². The summed E-state index contributed by atoms with van der Waals surface area (Å²) in [5.74, 6) is 1.99. The average molecular weight is 339 g/mol. The summed E-state index contributed by atoms with van der Waals surface area (Å²) >= 11 is 0. The molecule has 5 rings (SSSR count). The minimum atomic E-state index is -0.0115. The van der Waals surface area contributed by atoms with Gasteiger partial charge in [0.25, 0.3) is 5.91 Å². The molecule has 1 N–H and O–H groups in total. The number of hydrogen-bond acceptors (Lipinski definition) is 4. The molecule has 5 nitrogen and oxygen atoms in total. The number of hydrogen-bond donors (Lipinski definition) is 1. The maximum atomic E-state index is 12.6. The molecule has 3 saturated heterocycles. The fourth-order valence-electron chi connectivity index (χ4n) is 3.96. The van der Waals surface area contributed by atoms with Crippen LogP contribution in [0.3, 0.4) is 0 Å². The predicted molar refractivity (Wildman–Crippen MR) is 89.7 cm³/mol. The van der Waals surface area contributed by atoms with E-state index >= 15 is 0 Å². The molecule has 0 aliphatic carbocycles. The second-order valence-electron chi connectivity index (χ2n) is 6.47. The van der Waals surface area contributed by atoms with E-state index in [1.165, 1.54) is 25.9 Å². The number of carbonyl (C=O) groups is 1. The Kier molecular flexibility index (Phi) is 4.69. The quantitative estimate of drug-likeness (QED) is 0.897. The summed E-state index contributed by atoms with van der Waals surface area (Å²) in [6.07, 6.45) is 2.38. The first-order chi connectivity index (χ1) is 10.7. The number of piperidine rings is 3. The third-order valence-electron chi connectivity index (χ3n) is 5.28. The lowest BCUT2D eigenvalue weighted by atomic mass is 9.79. The maximum absolute atomic E-state index is 12.6. The van der Waals surface area contributed by atoms with Crippen molar-refractivity contribution < 1.29 is 14.3 Å². The number of nitrogens with one attached hydrogen (secondary N) is 1. The topological polar surface area (TPSA) is 50.8 Å². The van der Waals surface area contributed by atoms with Crippen LogP contribution in [0.5, 0.6) is 11.5 Å². The van der Waals surface area contributed by atoms with E-state index in [2.05, 4.69) is 17.1 Å². The minimum Gasteiger partial charge on any atom is -0.486 e. The van der Waals surface area contributed by atoms with E-state index in [9.17, 15) is 4.79 Å². The molecule has 0 unspecified atom stereocenters. The molecule has 0 radical (unpaired) electrons. The number of nitrogens with zero attached hydrogens (tertiary/aromatic N) is 1. The summed E-state index contributed by atoms with van der Waals surface area (Å²) < 4.78 is 11.1. The molecule has 2 atom stereocenters. The lowest BCUT2D eigenvalue weighted by molar-refractivity contribution is 0.0217. The van der Waals surface area contributed by atoms with Crippen LogP contribution in [0.1, 0.15) is 30.1 Å². The number of fused-ring (bicyclic) bond motifs is 4. The van der Waals surface area contributed by atoms with Gasteiger partial charge in [-0.15, -0.1) is 12.4 Å². The highest BCUT2D eigenvalue weighted by Gasteiger charge is 2.40. The van der Waals surface area contributed by atoms with Crippen LogP contribution in [0.2, 0.25) is 0 Å². The largest absolute Gasteiger partial charge is 0.486 e. The molecule has 2 bridgehead atoms. The second kappa shape index (κ2) is 6.57. The van der Waals surface area contributed by atoms with Gasteiger partial charge < -0.3 is 14.8 Å². The third-order valence-corrected chi connectivity index (χ3v) is 5.28. The Morgan fingerprint density at radius 2 is 1.87 bits per heavy atom. The zero-order valence-corrected chi connectivity index (χ0v) is 14.1. The minimum absolute atomic E-state index is 0. The van der Waals surface area contributed by atoms with Crippen molar-refractivity contribution in [3.63, 3.8) is 0 Å². The molecule has 6 heteroatoms. The van der Waals surface area contributed by atoms with Crippen LogP contribution >= 0.6 is 12.4 Å². The van der Waals surface area contributed by atoms with E-state index in [4.69, 9.17) is 9.47 Å². The van der Waals surface area contributed by atoms with Crippen LogP contribution in [0, 0.1) is 5.92 Å². The monoisotopic (exact) mass is 338 g/mol. The fraction of sp³-hybridized carbons (Fsp3) is 0.588. The SMILES string of the molecule is C[C@H]1[C@H](NC(=O)c2ccc3c(c2)OCCO3)C2CCN1CC2.Cl. The Hall–Kier alpha value is -1.46. The van der Waals surface area contributed by atoms with Gasteiger partial charge in [0.2, 0.25) is 0 Å². The Morgan fingerprint density at radius 1 is 1.17 bits per heavy atom. The number of ether oxygens (including phenoxy) is 2. The standard InChI is InChI=1S/C17H22N2O3.ClH/c1-11-16(12-4-6-19(11)7-5-12)18-17(20)13-2-3-14-15(10-13)22-9-8-21-14;/h2-3,10-12,16H,4-9H2,1H3,(H,18,20);1H/t11-,16-;/m0./s1. The van der Waals surface area contributed by atoms with Crippen LogP contribution in [0.4, 0.5) is 0 Å². The molecule has 0 saturated carbocycles. The van der Waals surface area contributed by atoms with E-state index in [1.807, 2.05) is 12.1 Å². The Bertz CT molecular complexity index is 585. The molecule has 4 heterocycles. The summed E-state index contributed by atoms with van der Waals surface area (Å²) in [5, 5.41) is 3.25. The van der Waals surface area contributed by atoms with Crippen molar-refractivity contribution in [3.05, 3.63) is 23.8 Å². The molecule has 4 aliphatic heterocycles. The first-order valence-corrected chi connectivity index (χ1v) is 8.17. The van der Waals surface area contributed by atoms with Crippen LogP contribution in [-0.2, 0) is 0 Å². The van der Waals surface area contributed by atoms with E-state index < -0.39 is 0 Å². The van der Waals surface area contributed by atoms with Gasteiger partial charge in [-0.1, -0.05) is 0 Å². The molecule has 0 spiro atoms. The van der Waals surface area contributed by atoms with Gasteiger partial charge >= 0.3 is 0 Å². The molecular weight excluding hydrogens is 316 g/mol. The summed E-state index contributed by atoms with van der Waals surface area (Å²) in [7, 11) is 0. The maximum Gasteiger partial charge on any atom is 0.251 e. The highest BCUT2D eigenvalue weighted by atomic mass is 35.5. The van der Waals surface area contributed by atoms with Gasteiger partial charge in [-0.3, -0.25) is 9.69 Å². The van der Waals surface area contributed by atoms with E-state index in [1.54, 1.807) is 6.07 Å². The number of amides is 1. The Morgan fingerprint density at radius 3 is 2.57 bits per heavy atom. The molecule has 1 aromatic carbocycles. The highest BCUT2D eigenvalue weighted by molar-refractivity contribution is 5.95. The summed E-state index contributed by atoms with van der Waals surface area (Å²) in [5.41, 5.74) is 0.646. The van der Waals surface area contributed by atoms with Crippen molar-refractivity contribution >= 4 is 18.3 Å². The first-order valence-electron chi connectivity index (χ1n) is 8.17. The van der Waals surface area contributed by atoms with E-state index in [0.29, 0.717) is 36.5 Å². The van der Waals surface area contributed by atoms with E-state index in [-0.39, 0.29) is 24.4 Å². The van der Waals surface area contributed by atoms with Crippen LogP contribution < -0.4 is 14.8 Å². The lowest BCUT2D eigenvalue weighted by Gasteiger charge is -2.49. The van der Waals surface area contributed by atoms with Gasteiger partial charge in [0.05, 0.1) is 0 Å². The number of carbonyl (C=O) groups excluding carboxylic acids is 1. The zero-order chi connectivity index (χ0) is 15.1. The van der Waals surface area contributed by atoms with E-state index in [0.717, 1.165) is 5.75 Å².